The fraction of sp³-hybridized carbons (Fsp3) is 0.214. The largest absolute Gasteiger partial charge is 0.484 e. The topological polar surface area (TPSA) is 55.6 Å². The molecule has 6 heteroatoms. The third kappa shape index (κ3) is 4.25. The number of benzene rings is 1. The first-order valence-corrected chi connectivity index (χ1v) is 7.67. The van der Waals surface area contributed by atoms with Gasteiger partial charge in [-0.05, 0) is 57.2 Å². The van der Waals surface area contributed by atoms with E-state index < -0.39 is 0 Å². The van der Waals surface area contributed by atoms with Crippen LogP contribution in [-0.2, 0) is 11.3 Å². The van der Waals surface area contributed by atoms with E-state index in [1.165, 1.54) is 0 Å². The van der Waals surface area contributed by atoms with Crippen molar-refractivity contribution >= 4 is 38.9 Å². The Labute approximate surface area is 130 Å². The fourth-order valence-electron chi connectivity index (χ4n) is 1.61. The number of thiophene rings is 1. The summed E-state index contributed by atoms with van der Waals surface area (Å²) in [6.07, 6.45) is 0. The van der Waals surface area contributed by atoms with Gasteiger partial charge in [0.25, 0.3) is 5.91 Å². The molecule has 1 aromatic heterocycles. The highest BCUT2D eigenvalue weighted by atomic mass is 79.9. The molecule has 106 valence electrons. The molecule has 0 unspecified atom stereocenters. The van der Waals surface area contributed by atoms with Crippen LogP contribution in [0.25, 0.3) is 0 Å². The SMILES string of the molecule is CN(Cc1csc(Br)c1)C(=O)COc1ccc(N)cc1. The molecule has 1 aromatic carbocycles. The first-order chi connectivity index (χ1) is 9.54. The van der Waals surface area contributed by atoms with Crippen LogP contribution in [0.15, 0.2) is 39.5 Å². The summed E-state index contributed by atoms with van der Waals surface area (Å²) in [6.45, 7) is 0.595. The van der Waals surface area contributed by atoms with Gasteiger partial charge in [0.05, 0.1) is 3.79 Å². The molecule has 0 atom stereocenters. The van der Waals surface area contributed by atoms with Crippen molar-refractivity contribution in [2.24, 2.45) is 0 Å². The van der Waals surface area contributed by atoms with Crippen LogP contribution in [0.5, 0.6) is 5.75 Å². The normalized spacial score (nSPS) is 10.3. The zero-order valence-electron chi connectivity index (χ0n) is 11.0. The minimum Gasteiger partial charge on any atom is -0.484 e. The smallest absolute Gasteiger partial charge is 0.260 e. The van der Waals surface area contributed by atoms with Gasteiger partial charge in [0, 0.05) is 19.3 Å². The minimum atomic E-state index is -0.0656. The molecular formula is C14H15BrN2O2S. The molecule has 2 rings (SSSR count). The van der Waals surface area contributed by atoms with Gasteiger partial charge in [-0.1, -0.05) is 0 Å². The van der Waals surface area contributed by atoms with E-state index in [1.807, 2.05) is 11.4 Å². The van der Waals surface area contributed by atoms with Crippen LogP contribution in [0.4, 0.5) is 5.69 Å². The van der Waals surface area contributed by atoms with Gasteiger partial charge >= 0.3 is 0 Å². The first-order valence-electron chi connectivity index (χ1n) is 6.00. The molecule has 0 saturated heterocycles. The maximum Gasteiger partial charge on any atom is 0.260 e. The molecular weight excluding hydrogens is 340 g/mol. The molecule has 0 aliphatic rings. The molecule has 0 saturated carbocycles. The molecule has 0 aliphatic carbocycles. The van der Waals surface area contributed by atoms with E-state index in [0.29, 0.717) is 18.0 Å². The van der Waals surface area contributed by atoms with Crippen LogP contribution in [0.1, 0.15) is 5.56 Å². The highest BCUT2D eigenvalue weighted by molar-refractivity contribution is 9.11. The van der Waals surface area contributed by atoms with E-state index in [-0.39, 0.29) is 12.5 Å². The number of nitrogen functional groups attached to an aromatic ring is 1. The molecule has 1 heterocycles. The average Bonchev–Trinajstić information content (AvgIpc) is 2.83. The monoisotopic (exact) mass is 354 g/mol. The highest BCUT2D eigenvalue weighted by Crippen LogP contribution is 2.21. The number of ether oxygens (including phenoxy) is 1. The number of halogens is 1. The van der Waals surface area contributed by atoms with Gasteiger partial charge in [-0.15, -0.1) is 11.3 Å². The summed E-state index contributed by atoms with van der Waals surface area (Å²) in [6, 6.07) is 8.99. The molecule has 20 heavy (non-hydrogen) atoms. The number of rotatable bonds is 5. The lowest BCUT2D eigenvalue weighted by atomic mass is 10.3. The molecule has 0 aliphatic heterocycles. The van der Waals surface area contributed by atoms with Crippen LogP contribution < -0.4 is 10.5 Å². The Balaban J connectivity index is 1.83. The number of amides is 1. The van der Waals surface area contributed by atoms with Crippen molar-refractivity contribution in [3.05, 3.63) is 45.1 Å². The Morgan fingerprint density at radius 1 is 1.40 bits per heavy atom. The van der Waals surface area contributed by atoms with E-state index in [0.717, 1.165) is 9.35 Å². The van der Waals surface area contributed by atoms with Gasteiger partial charge in [0.15, 0.2) is 6.61 Å². The van der Waals surface area contributed by atoms with Crippen LogP contribution in [0.3, 0.4) is 0 Å². The third-order valence-corrected chi connectivity index (χ3v) is 4.26. The van der Waals surface area contributed by atoms with Gasteiger partial charge in [-0.25, -0.2) is 0 Å². The average molecular weight is 355 g/mol. The Bertz CT molecular complexity index is 583. The highest BCUT2D eigenvalue weighted by Gasteiger charge is 2.11. The molecule has 0 radical (unpaired) electrons. The van der Waals surface area contributed by atoms with Crippen molar-refractivity contribution in [3.8, 4) is 5.75 Å². The Hall–Kier alpha value is -1.53. The van der Waals surface area contributed by atoms with Crippen LogP contribution in [0, 0.1) is 0 Å². The number of hydrogen-bond donors (Lipinski definition) is 1. The number of nitrogens with zero attached hydrogens (tertiary/aromatic N) is 1. The molecule has 0 spiro atoms. The molecule has 2 aromatic rings. The maximum absolute atomic E-state index is 12.0. The molecule has 0 bridgehead atoms. The van der Waals surface area contributed by atoms with Gasteiger partial charge in [-0.3, -0.25) is 4.79 Å². The number of hydrogen-bond acceptors (Lipinski definition) is 4. The second-order valence-electron chi connectivity index (χ2n) is 4.37. The molecule has 4 nitrogen and oxygen atoms in total. The molecule has 0 fully saturated rings. The number of likely N-dealkylation sites (N-methyl/N-ethyl adjacent to an activating group) is 1. The first kappa shape index (κ1) is 14.9. The van der Waals surface area contributed by atoms with E-state index in [1.54, 1.807) is 47.5 Å². The number of anilines is 1. The van der Waals surface area contributed by atoms with Crippen molar-refractivity contribution in [2.75, 3.05) is 19.4 Å². The van der Waals surface area contributed by atoms with Crippen molar-refractivity contribution in [2.45, 2.75) is 6.54 Å². The number of carbonyl (C=O) groups excluding carboxylic acids is 1. The second-order valence-corrected chi connectivity index (χ2v) is 6.66. The summed E-state index contributed by atoms with van der Waals surface area (Å²) in [5, 5.41) is 2.02. The zero-order valence-corrected chi connectivity index (χ0v) is 13.4. The predicted octanol–water partition coefficient (Wildman–Crippen LogP) is 3.13. The summed E-state index contributed by atoms with van der Waals surface area (Å²) in [5.41, 5.74) is 7.36. The summed E-state index contributed by atoms with van der Waals surface area (Å²) < 4.78 is 6.49. The minimum absolute atomic E-state index is 0.0196. The van der Waals surface area contributed by atoms with Crippen molar-refractivity contribution in [1.29, 1.82) is 0 Å². The Morgan fingerprint density at radius 3 is 2.70 bits per heavy atom. The van der Waals surface area contributed by atoms with E-state index in [2.05, 4.69) is 15.9 Å². The Morgan fingerprint density at radius 2 is 2.10 bits per heavy atom. The third-order valence-electron chi connectivity index (χ3n) is 2.71. The lowest BCUT2D eigenvalue weighted by Crippen LogP contribution is -2.30. The lowest BCUT2D eigenvalue weighted by molar-refractivity contribution is -0.132. The van der Waals surface area contributed by atoms with Gasteiger partial charge in [-0.2, -0.15) is 0 Å². The number of carbonyl (C=O) groups is 1. The van der Waals surface area contributed by atoms with Crippen molar-refractivity contribution < 1.29 is 9.53 Å². The van der Waals surface area contributed by atoms with Crippen LogP contribution in [-0.4, -0.2) is 24.5 Å². The van der Waals surface area contributed by atoms with Crippen LogP contribution in [0.2, 0.25) is 0 Å². The maximum atomic E-state index is 12.0. The summed E-state index contributed by atoms with van der Waals surface area (Å²) in [4.78, 5) is 13.6. The molecule has 2 N–H and O–H groups in total. The quantitative estimate of drug-likeness (QED) is 0.839. The van der Waals surface area contributed by atoms with Crippen molar-refractivity contribution in [3.63, 3.8) is 0 Å². The Kier molecular flexibility index (Phi) is 5.03. The van der Waals surface area contributed by atoms with Gasteiger partial charge < -0.3 is 15.4 Å². The van der Waals surface area contributed by atoms with Gasteiger partial charge in [0.2, 0.25) is 0 Å². The van der Waals surface area contributed by atoms with Crippen LogP contribution >= 0.6 is 27.3 Å². The second kappa shape index (κ2) is 6.76. The molecule has 1 amide bonds. The van der Waals surface area contributed by atoms with E-state index in [4.69, 9.17) is 10.5 Å². The van der Waals surface area contributed by atoms with Crippen molar-refractivity contribution in [1.82, 2.24) is 4.90 Å². The summed E-state index contributed by atoms with van der Waals surface area (Å²) >= 11 is 5.01. The van der Waals surface area contributed by atoms with Gasteiger partial charge in [0.1, 0.15) is 5.75 Å². The van der Waals surface area contributed by atoms with E-state index in [9.17, 15) is 4.79 Å². The summed E-state index contributed by atoms with van der Waals surface area (Å²) in [7, 11) is 1.76. The standard InChI is InChI=1S/C14H15BrN2O2S/c1-17(7-10-6-13(15)20-9-10)14(18)8-19-12-4-2-11(16)3-5-12/h2-6,9H,7-8,16H2,1H3. The lowest BCUT2D eigenvalue weighted by Gasteiger charge is -2.16. The zero-order chi connectivity index (χ0) is 14.5. The number of nitrogens with two attached hydrogens (primary N) is 1. The summed E-state index contributed by atoms with van der Waals surface area (Å²) in [5.74, 6) is 0.573. The fourth-order valence-corrected chi connectivity index (χ4v) is 2.81. The predicted molar refractivity (Wildman–Crippen MR) is 84.8 cm³/mol. The van der Waals surface area contributed by atoms with E-state index >= 15 is 0 Å².